The molecule has 2 heterocycles. The number of carbonyl (C=O) groups is 1. The minimum Gasteiger partial charge on any atom is -0.497 e. The number of carbonyl (C=O) groups excluding carboxylic acids is 1. The number of anilines is 1. The molecular weight excluding hydrogens is 360 g/mol. The van der Waals surface area contributed by atoms with Crippen molar-refractivity contribution in [1.82, 2.24) is 4.98 Å². The maximum absolute atomic E-state index is 14.2. The number of rotatable bonds is 5. The predicted octanol–water partition coefficient (Wildman–Crippen LogP) is 5.47. The molecule has 0 N–H and O–H groups in total. The molecule has 154 valence electrons. The quantitative estimate of drug-likeness (QED) is 0.633. The van der Waals surface area contributed by atoms with E-state index in [-0.39, 0.29) is 5.78 Å². The SMILES string of the molecule is COc1ccc(C(=O)C2(c3cccc(C)n3)CCCCC2)c(N2CCCCC2)c1. The first-order chi connectivity index (χ1) is 14.1. The van der Waals surface area contributed by atoms with Crippen molar-refractivity contribution in [3.8, 4) is 5.75 Å². The molecule has 29 heavy (non-hydrogen) atoms. The number of hydrogen-bond donors (Lipinski definition) is 0. The normalized spacial score (nSPS) is 19.0. The fraction of sp³-hybridized carbons (Fsp3) is 0.520. The lowest BCUT2D eigenvalue weighted by Crippen LogP contribution is -2.40. The number of benzene rings is 1. The average Bonchev–Trinajstić information content (AvgIpc) is 2.79. The second-order valence-electron chi connectivity index (χ2n) is 8.57. The van der Waals surface area contributed by atoms with Crippen molar-refractivity contribution >= 4 is 11.5 Å². The zero-order valence-electron chi connectivity index (χ0n) is 17.7. The van der Waals surface area contributed by atoms with Crippen molar-refractivity contribution in [2.75, 3.05) is 25.1 Å². The topological polar surface area (TPSA) is 42.4 Å². The molecule has 0 spiro atoms. The van der Waals surface area contributed by atoms with Crippen molar-refractivity contribution in [2.24, 2.45) is 0 Å². The third-order valence-electron chi connectivity index (χ3n) is 6.67. The van der Waals surface area contributed by atoms with Gasteiger partial charge in [-0.05, 0) is 63.3 Å². The highest BCUT2D eigenvalue weighted by molar-refractivity contribution is 6.08. The van der Waals surface area contributed by atoms with E-state index < -0.39 is 5.41 Å². The van der Waals surface area contributed by atoms with Crippen LogP contribution in [0.15, 0.2) is 36.4 Å². The maximum Gasteiger partial charge on any atom is 0.177 e. The number of aromatic nitrogens is 1. The second-order valence-corrected chi connectivity index (χ2v) is 8.57. The van der Waals surface area contributed by atoms with Crippen LogP contribution in [0.5, 0.6) is 5.75 Å². The Bertz CT molecular complexity index is 865. The lowest BCUT2D eigenvalue weighted by molar-refractivity contribution is 0.0835. The third kappa shape index (κ3) is 3.90. The smallest absolute Gasteiger partial charge is 0.177 e. The standard InChI is InChI=1S/C25H32N2O2/c1-19-10-9-11-23(26-19)25(14-5-3-6-15-25)24(28)21-13-12-20(29-2)18-22(21)27-16-7-4-8-17-27/h9-13,18H,3-8,14-17H2,1-2H3. The van der Waals surface area contributed by atoms with E-state index in [4.69, 9.17) is 9.72 Å². The molecule has 1 saturated heterocycles. The number of methoxy groups -OCH3 is 1. The summed E-state index contributed by atoms with van der Waals surface area (Å²) in [5, 5.41) is 0. The molecule has 1 aromatic carbocycles. The second kappa shape index (κ2) is 8.56. The molecule has 1 saturated carbocycles. The van der Waals surface area contributed by atoms with E-state index in [1.54, 1.807) is 7.11 Å². The number of nitrogens with zero attached hydrogens (tertiary/aromatic N) is 2. The monoisotopic (exact) mass is 392 g/mol. The molecule has 1 aliphatic carbocycles. The summed E-state index contributed by atoms with van der Waals surface area (Å²) < 4.78 is 5.50. The van der Waals surface area contributed by atoms with E-state index in [0.29, 0.717) is 0 Å². The highest BCUT2D eigenvalue weighted by Crippen LogP contribution is 2.43. The first-order valence-corrected chi connectivity index (χ1v) is 11.1. The Kier molecular flexibility index (Phi) is 5.89. The molecule has 1 aromatic heterocycles. The third-order valence-corrected chi connectivity index (χ3v) is 6.67. The fourth-order valence-electron chi connectivity index (χ4n) is 5.05. The van der Waals surface area contributed by atoms with E-state index in [1.165, 1.54) is 25.7 Å². The highest BCUT2D eigenvalue weighted by Gasteiger charge is 2.43. The number of pyridine rings is 1. The Hall–Kier alpha value is -2.36. The van der Waals surface area contributed by atoms with Gasteiger partial charge in [-0.15, -0.1) is 0 Å². The van der Waals surface area contributed by atoms with Gasteiger partial charge in [-0.25, -0.2) is 0 Å². The fourth-order valence-corrected chi connectivity index (χ4v) is 5.05. The molecular formula is C25H32N2O2. The van der Waals surface area contributed by atoms with Gasteiger partial charge in [-0.1, -0.05) is 25.3 Å². The highest BCUT2D eigenvalue weighted by atomic mass is 16.5. The Morgan fingerprint density at radius 3 is 2.41 bits per heavy atom. The average molecular weight is 393 g/mol. The van der Waals surface area contributed by atoms with Crippen LogP contribution in [0.2, 0.25) is 0 Å². The van der Waals surface area contributed by atoms with Crippen molar-refractivity contribution in [3.63, 3.8) is 0 Å². The molecule has 0 unspecified atom stereocenters. The molecule has 2 fully saturated rings. The molecule has 0 radical (unpaired) electrons. The molecule has 4 heteroatoms. The molecule has 0 atom stereocenters. The predicted molar refractivity (Wildman–Crippen MR) is 117 cm³/mol. The van der Waals surface area contributed by atoms with Crippen LogP contribution < -0.4 is 9.64 Å². The lowest BCUT2D eigenvalue weighted by Gasteiger charge is -2.37. The molecule has 2 aliphatic rings. The summed E-state index contributed by atoms with van der Waals surface area (Å²) in [6.45, 7) is 4.02. The van der Waals surface area contributed by atoms with Gasteiger partial charge >= 0.3 is 0 Å². The van der Waals surface area contributed by atoms with Gasteiger partial charge in [0, 0.05) is 30.4 Å². The van der Waals surface area contributed by atoms with Crippen molar-refractivity contribution in [1.29, 1.82) is 0 Å². The van der Waals surface area contributed by atoms with Crippen LogP contribution in [0.1, 0.15) is 73.1 Å². The summed E-state index contributed by atoms with van der Waals surface area (Å²) >= 11 is 0. The molecule has 0 amide bonds. The maximum atomic E-state index is 14.2. The van der Waals surface area contributed by atoms with Crippen molar-refractivity contribution in [3.05, 3.63) is 53.3 Å². The van der Waals surface area contributed by atoms with E-state index in [1.807, 2.05) is 31.2 Å². The van der Waals surface area contributed by atoms with Crippen LogP contribution in [0.3, 0.4) is 0 Å². The van der Waals surface area contributed by atoms with Crippen LogP contribution in [0, 0.1) is 6.92 Å². The number of Topliss-reactive ketones (excluding diaryl/α,β-unsaturated/α-hetero) is 1. The Morgan fingerprint density at radius 2 is 1.72 bits per heavy atom. The van der Waals surface area contributed by atoms with Crippen LogP contribution in [-0.2, 0) is 5.41 Å². The first-order valence-electron chi connectivity index (χ1n) is 11.1. The van der Waals surface area contributed by atoms with E-state index in [2.05, 4.69) is 17.0 Å². The summed E-state index contributed by atoms with van der Waals surface area (Å²) in [6.07, 6.45) is 8.74. The minimum absolute atomic E-state index is 0.235. The molecule has 0 bridgehead atoms. The lowest BCUT2D eigenvalue weighted by atomic mass is 9.67. The van der Waals surface area contributed by atoms with Crippen LogP contribution in [-0.4, -0.2) is 31.0 Å². The van der Waals surface area contributed by atoms with Gasteiger partial charge in [0.1, 0.15) is 5.75 Å². The zero-order valence-corrected chi connectivity index (χ0v) is 17.7. The van der Waals surface area contributed by atoms with Crippen molar-refractivity contribution < 1.29 is 9.53 Å². The van der Waals surface area contributed by atoms with E-state index in [9.17, 15) is 4.79 Å². The van der Waals surface area contributed by atoms with E-state index in [0.717, 1.165) is 67.2 Å². The summed E-state index contributed by atoms with van der Waals surface area (Å²) in [5.41, 5.74) is 3.28. The summed E-state index contributed by atoms with van der Waals surface area (Å²) in [5.74, 6) is 1.05. The van der Waals surface area contributed by atoms with Gasteiger partial charge in [-0.2, -0.15) is 0 Å². The van der Waals surface area contributed by atoms with Gasteiger partial charge in [-0.3, -0.25) is 9.78 Å². The molecule has 4 rings (SSSR count). The number of piperidine rings is 1. The van der Waals surface area contributed by atoms with Crippen LogP contribution in [0.25, 0.3) is 0 Å². The number of ether oxygens (including phenoxy) is 1. The van der Waals surface area contributed by atoms with Gasteiger partial charge in [0.05, 0.1) is 23.9 Å². The van der Waals surface area contributed by atoms with Crippen molar-refractivity contribution in [2.45, 2.75) is 63.7 Å². The number of aryl methyl sites for hydroxylation is 1. The summed E-state index contributed by atoms with van der Waals surface area (Å²) in [7, 11) is 1.69. The number of ketones is 1. The van der Waals surface area contributed by atoms with E-state index >= 15 is 0 Å². The zero-order chi connectivity index (χ0) is 20.3. The van der Waals surface area contributed by atoms with Gasteiger partial charge in [0.2, 0.25) is 0 Å². The number of hydrogen-bond acceptors (Lipinski definition) is 4. The van der Waals surface area contributed by atoms with Gasteiger partial charge < -0.3 is 9.64 Å². The Morgan fingerprint density at radius 1 is 1.00 bits per heavy atom. The largest absolute Gasteiger partial charge is 0.497 e. The molecule has 4 nitrogen and oxygen atoms in total. The molecule has 1 aliphatic heterocycles. The summed E-state index contributed by atoms with van der Waals surface area (Å²) in [6, 6.07) is 12.1. The summed E-state index contributed by atoms with van der Waals surface area (Å²) in [4.78, 5) is 21.4. The minimum atomic E-state index is -0.511. The van der Waals surface area contributed by atoms with Gasteiger partial charge in [0.25, 0.3) is 0 Å². The molecule has 2 aromatic rings. The van der Waals surface area contributed by atoms with Crippen LogP contribution in [0.4, 0.5) is 5.69 Å². The Balaban J connectivity index is 1.80. The van der Waals surface area contributed by atoms with Gasteiger partial charge in [0.15, 0.2) is 5.78 Å². The van der Waals surface area contributed by atoms with Crippen LogP contribution >= 0.6 is 0 Å². The Labute approximate surface area is 174 Å². The first kappa shape index (κ1) is 19.9.